The summed E-state index contributed by atoms with van der Waals surface area (Å²) >= 11 is 1.82. The first kappa shape index (κ1) is 14.5. The van der Waals surface area contributed by atoms with Gasteiger partial charge in [0.05, 0.1) is 0 Å². The van der Waals surface area contributed by atoms with E-state index in [0.29, 0.717) is 0 Å². The topological polar surface area (TPSA) is 26.8 Å². The van der Waals surface area contributed by atoms with Crippen molar-refractivity contribution in [2.75, 3.05) is 48.8 Å². The second-order valence-corrected chi connectivity index (χ2v) is 6.18. The third-order valence-electron chi connectivity index (χ3n) is 4.07. The Morgan fingerprint density at radius 2 is 1.62 bits per heavy atom. The van der Waals surface area contributed by atoms with E-state index < -0.39 is 0 Å². The molecule has 1 aromatic rings. The first-order valence-electron chi connectivity index (χ1n) is 7.40. The van der Waals surface area contributed by atoms with Crippen LogP contribution in [-0.4, -0.2) is 49.2 Å². The molecule has 0 radical (unpaired) electrons. The lowest BCUT2D eigenvalue weighted by Crippen LogP contribution is -2.43. The number of carbonyl (C=O) groups excluding carboxylic acids is 1. The molecule has 1 saturated heterocycles. The number of piperazine rings is 1. The molecular formula is C16H21N3OS. The van der Waals surface area contributed by atoms with Crippen molar-refractivity contribution in [2.45, 2.75) is 6.42 Å². The van der Waals surface area contributed by atoms with Crippen molar-refractivity contribution in [2.24, 2.45) is 0 Å². The van der Waals surface area contributed by atoms with Crippen LogP contribution in [0.2, 0.25) is 0 Å². The van der Waals surface area contributed by atoms with Gasteiger partial charge in [-0.05, 0) is 43.0 Å². The van der Waals surface area contributed by atoms with Crippen LogP contribution < -0.4 is 9.80 Å². The normalized spacial score (nSPS) is 20.1. The van der Waals surface area contributed by atoms with Gasteiger partial charge in [0.25, 0.3) is 5.91 Å². The first-order valence-corrected chi connectivity index (χ1v) is 8.58. The summed E-state index contributed by atoms with van der Waals surface area (Å²) in [6, 6.07) is 8.39. The molecule has 1 aromatic carbocycles. The SMILES string of the molecule is CSN1CCN(c2ccc(N3CCC=CC3=O)cc2)CC1. The number of anilines is 2. The molecule has 4 nitrogen and oxygen atoms in total. The second-order valence-electron chi connectivity index (χ2n) is 5.30. The van der Waals surface area contributed by atoms with Crippen molar-refractivity contribution in [3.63, 3.8) is 0 Å². The van der Waals surface area contributed by atoms with Gasteiger partial charge < -0.3 is 9.80 Å². The minimum atomic E-state index is 0.0857. The molecular weight excluding hydrogens is 282 g/mol. The van der Waals surface area contributed by atoms with E-state index in [1.807, 2.05) is 22.9 Å². The van der Waals surface area contributed by atoms with E-state index >= 15 is 0 Å². The monoisotopic (exact) mass is 303 g/mol. The maximum absolute atomic E-state index is 11.9. The van der Waals surface area contributed by atoms with Crippen LogP contribution in [0.3, 0.4) is 0 Å². The van der Waals surface area contributed by atoms with Gasteiger partial charge in [-0.3, -0.25) is 4.79 Å². The van der Waals surface area contributed by atoms with Crippen LogP contribution in [0, 0.1) is 0 Å². The second kappa shape index (κ2) is 6.54. The zero-order valence-corrected chi connectivity index (χ0v) is 13.2. The van der Waals surface area contributed by atoms with E-state index in [1.54, 1.807) is 6.08 Å². The summed E-state index contributed by atoms with van der Waals surface area (Å²) in [7, 11) is 0. The summed E-state index contributed by atoms with van der Waals surface area (Å²) < 4.78 is 2.39. The Morgan fingerprint density at radius 3 is 2.24 bits per heavy atom. The molecule has 0 atom stereocenters. The number of amides is 1. The highest BCUT2D eigenvalue weighted by Gasteiger charge is 2.18. The molecule has 0 spiro atoms. The third-order valence-corrected chi connectivity index (χ3v) is 4.95. The van der Waals surface area contributed by atoms with E-state index in [1.165, 1.54) is 5.69 Å². The summed E-state index contributed by atoms with van der Waals surface area (Å²) in [5, 5.41) is 0. The van der Waals surface area contributed by atoms with E-state index in [2.05, 4.69) is 39.7 Å². The predicted octanol–water partition coefficient (Wildman–Crippen LogP) is 2.38. The zero-order chi connectivity index (χ0) is 14.7. The summed E-state index contributed by atoms with van der Waals surface area (Å²) in [5.41, 5.74) is 2.25. The Hall–Kier alpha value is -1.46. The van der Waals surface area contributed by atoms with E-state index in [-0.39, 0.29) is 5.91 Å². The highest BCUT2D eigenvalue weighted by atomic mass is 32.2. The van der Waals surface area contributed by atoms with Crippen molar-refractivity contribution in [1.82, 2.24) is 4.31 Å². The molecule has 5 heteroatoms. The molecule has 1 amide bonds. The van der Waals surface area contributed by atoms with Gasteiger partial charge >= 0.3 is 0 Å². The molecule has 2 aliphatic heterocycles. The minimum Gasteiger partial charge on any atom is -0.369 e. The van der Waals surface area contributed by atoms with Crippen molar-refractivity contribution < 1.29 is 4.79 Å². The Bertz CT molecular complexity index is 521. The molecule has 0 bridgehead atoms. The number of rotatable bonds is 3. The molecule has 2 heterocycles. The summed E-state index contributed by atoms with van der Waals surface area (Å²) in [4.78, 5) is 16.1. The van der Waals surface area contributed by atoms with Crippen LogP contribution in [0.1, 0.15) is 6.42 Å². The Kier molecular flexibility index (Phi) is 4.51. The molecule has 3 rings (SSSR count). The smallest absolute Gasteiger partial charge is 0.250 e. The van der Waals surface area contributed by atoms with Gasteiger partial charge in [0, 0.05) is 44.1 Å². The van der Waals surface area contributed by atoms with Gasteiger partial charge in [-0.2, -0.15) is 0 Å². The molecule has 0 saturated carbocycles. The third kappa shape index (κ3) is 3.24. The van der Waals surface area contributed by atoms with Crippen LogP contribution in [-0.2, 0) is 4.79 Å². The Labute approximate surface area is 130 Å². The van der Waals surface area contributed by atoms with Crippen LogP contribution >= 0.6 is 11.9 Å². The Morgan fingerprint density at radius 1 is 0.952 bits per heavy atom. The standard InChI is InChI=1S/C16H21N3OS/c1-21-18-12-10-17(11-13-18)14-5-7-15(8-6-14)19-9-3-2-4-16(19)20/h2,4-8H,3,9-13H2,1H3. The number of benzene rings is 1. The molecule has 21 heavy (non-hydrogen) atoms. The van der Waals surface area contributed by atoms with Gasteiger partial charge in [0.1, 0.15) is 0 Å². The van der Waals surface area contributed by atoms with Crippen LogP contribution in [0.15, 0.2) is 36.4 Å². The fourth-order valence-corrected chi connectivity index (χ4v) is 3.35. The summed E-state index contributed by atoms with van der Waals surface area (Å²) in [5.74, 6) is 0.0857. The molecule has 0 aliphatic carbocycles. The number of hydrogen-bond donors (Lipinski definition) is 0. The van der Waals surface area contributed by atoms with Gasteiger partial charge in [0.15, 0.2) is 0 Å². The van der Waals surface area contributed by atoms with Gasteiger partial charge in [-0.25, -0.2) is 4.31 Å². The largest absolute Gasteiger partial charge is 0.369 e. The van der Waals surface area contributed by atoms with Crippen molar-refractivity contribution in [3.05, 3.63) is 36.4 Å². The summed E-state index contributed by atoms with van der Waals surface area (Å²) in [6.07, 6.45) is 6.68. The summed E-state index contributed by atoms with van der Waals surface area (Å²) in [6.45, 7) is 5.09. The lowest BCUT2D eigenvalue weighted by molar-refractivity contribution is -0.114. The van der Waals surface area contributed by atoms with E-state index in [4.69, 9.17) is 0 Å². The van der Waals surface area contributed by atoms with Gasteiger partial charge in [0.2, 0.25) is 0 Å². The average Bonchev–Trinajstić information content (AvgIpc) is 2.56. The Balaban J connectivity index is 1.67. The fourth-order valence-electron chi connectivity index (χ4n) is 2.82. The maximum atomic E-state index is 11.9. The maximum Gasteiger partial charge on any atom is 0.250 e. The lowest BCUT2D eigenvalue weighted by atomic mass is 10.2. The van der Waals surface area contributed by atoms with Crippen molar-refractivity contribution in [3.8, 4) is 0 Å². The van der Waals surface area contributed by atoms with Gasteiger partial charge in [-0.1, -0.05) is 18.0 Å². The highest BCUT2D eigenvalue weighted by molar-refractivity contribution is 7.96. The highest BCUT2D eigenvalue weighted by Crippen LogP contribution is 2.24. The first-order chi connectivity index (χ1) is 10.3. The van der Waals surface area contributed by atoms with Crippen LogP contribution in [0.5, 0.6) is 0 Å². The van der Waals surface area contributed by atoms with E-state index in [9.17, 15) is 4.79 Å². The molecule has 0 aromatic heterocycles. The predicted molar refractivity (Wildman–Crippen MR) is 89.9 cm³/mol. The molecule has 0 unspecified atom stereocenters. The van der Waals surface area contributed by atoms with Crippen molar-refractivity contribution in [1.29, 1.82) is 0 Å². The van der Waals surface area contributed by atoms with E-state index in [0.717, 1.165) is 44.8 Å². The van der Waals surface area contributed by atoms with Crippen LogP contribution in [0.4, 0.5) is 11.4 Å². The average molecular weight is 303 g/mol. The number of nitrogens with zero attached hydrogens (tertiary/aromatic N) is 3. The van der Waals surface area contributed by atoms with Crippen LogP contribution in [0.25, 0.3) is 0 Å². The van der Waals surface area contributed by atoms with Crippen molar-refractivity contribution >= 4 is 29.2 Å². The quantitative estimate of drug-likeness (QED) is 0.801. The number of hydrogen-bond acceptors (Lipinski definition) is 4. The fraction of sp³-hybridized carbons (Fsp3) is 0.438. The minimum absolute atomic E-state index is 0.0857. The lowest BCUT2D eigenvalue weighted by Gasteiger charge is -2.35. The molecule has 0 N–H and O–H groups in total. The molecule has 1 fully saturated rings. The molecule has 112 valence electrons. The molecule has 2 aliphatic rings. The number of carbonyl (C=O) groups is 1. The van der Waals surface area contributed by atoms with Gasteiger partial charge in [-0.15, -0.1) is 0 Å². The zero-order valence-electron chi connectivity index (χ0n) is 12.4.